The van der Waals surface area contributed by atoms with E-state index in [-0.39, 0.29) is 18.3 Å². The van der Waals surface area contributed by atoms with Crippen LogP contribution in [0.4, 0.5) is 24.9 Å². The minimum Gasteiger partial charge on any atom is -0.363 e. The van der Waals surface area contributed by atoms with E-state index in [1.165, 1.54) is 4.90 Å². The molecule has 0 aromatic carbocycles. The number of pyridine rings is 1. The van der Waals surface area contributed by atoms with Crippen molar-refractivity contribution in [1.29, 1.82) is 0 Å². The number of nitrogens with zero attached hydrogens (tertiary/aromatic N) is 5. The van der Waals surface area contributed by atoms with Crippen LogP contribution in [-0.2, 0) is 12.7 Å². The molecule has 0 aliphatic heterocycles. The highest BCUT2D eigenvalue weighted by molar-refractivity contribution is 5.48. The van der Waals surface area contributed by atoms with Gasteiger partial charge in [-0.15, -0.1) is 0 Å². The largest absolute Gasteiger partial charge is 0.433 e. The van der Waals surface area contributed by atoms with Gasteiger partial charge < -0.3 is 14.6 Å². The molecule has 1 N–H and O–H groups in total. The van der Waals surface area contributed by atoms with Gasteiger partial charge in [-0.2, -0.15) is 18.2 Å². The highest BCUT2D eigenvalue weighted by Crippen LogP contribution is 2.30. The normalized spacial score (nSPS) is 11.8. The van der Waals surface area contributed by atoms with Crippen molar-refractivity contribution in [1.82, 2.24) is 19.4 Å². The van der Waals surface area contributed by atoms with Gasteiger partial charge in [-0.3, -0.25) is 0 Å². The number of aryl methyl sites for hydroxylation is 1. The molecule has 0 unspecified atom stereocenters. The second-order valence-corrected chi connectivity index (χ2v) is 5.84. The van der Waals surface area contributed by atoms with E-state index in [0.717, 1.165) is 17.3 Å². The first kappa shape index (κ1) is 17.0. The fourth-order valence-electron chi connectivity index (χ4n) is 2.35. The summed E-state index contributed by atoms with van der Waals surface area (Å²) in [6, 6.07) is 4.76. The number of anilines is 2. The summed E-state index contributed by atoms with van der Waals surface area (Å²) in [6.45, 7) is 2.16. The summed E-state index contributed by atoms with van der Waals surface area (Å²) in [7, 11) is 3.24. The van der Waals surface area contributed by atoms with E-state index < -0.39 is 11.9 Å². The molecule has 6 nitrogen and oxygen atoms in total. The first-order valence-corrected chi connectivity index (χ1v) is 7.55. The lowest BCUT2D eigenvalue weighted by molar-refractivity contribution is -0.141. The molecule has 0 bridgehead atoms. The molecule has 25 heavy (non-hydrogen) atoms. The zero-order chi connectivity index (χ0) is 18.2. The van der Waals surface area contributed by atoms with Crippen LogP contribution in [0.5, 0.6) is 0 Å². The second-order valence-electron chi connectivity index (χ2n) is 5.84. The maximum atomic E-state index is 13.0. The Kier molecular flexibility index (Phi) is 4.23. The molecule has 0 saturated carbocycles. The van der Waals surface area contributed by atoms with Gasteiger partial charge in [-0.1, -0.05) is 6.07 Å². The average molecular weight is 350 g/mol. The Morgan fingerprint density at radius 2 is 1.96 bits per heavy atom. The van der Waals surface area contributed by atoms with E-state index in [0.29, 0.717) is 5.69 Å². The number of imidazole rings is 1. The number of alkyl halides is 3. The van der Waals surface area contributed by atoms with Crippen LogP contribution in [0, 0.1) is 6.92 Å². The zero-order valence-electron chi connectivity index (χ0n) is 14.0. The molecular formula is C16H17F3N6. The number of aromatic nitrogens is 4. The number of fused-ring (bicyclic) bond motifs is 1. The Bertz CT molecular complexity index is 901. The summed E-state index contributed by atoms with van der Waals surface area (Å²) in [5.41, 5.74) is 1.51. The minimum atomic E-state index is -4.54. The maximum absolute atomic E-state index is 13.0. The van der Waals surface area contributed by atoms with Crippen LogP contribution in [0.1, 0.15) is 17.0 Å². The van der Waals surface area contributed by atoms with Crippen molar-refractivity contribution >= 4 is 17.4 Å². The van der Waals surface area contributed by atoms with E-state index >= 15 is 0 Å². The molecule has 0 aliphatic carbocycles. The van der Waals surface area contributed by atoms with E-state index in [4.69, 9.17) is 0 Å². The van der Waals surface area contributed by atoms with E-state index in [2.05, 4.69) is 20.3 Å². The highest BCUT2D eigenvalue weighted by atomic mass is 19.4. The van der Waals surface area contributed by atoms with Crippen molar-refractivity contribution in [2.24, 2.45) is 0 Å². The van der Waals surface area contributed by atoms with Gasteiger partial charge in [0.1, 0.15) is 11.5 Å². The summed E-state index contributed by atoms with van der Waals surface area (Å²) in [6.07, 6.45) is -0.857. The molecule has 0 fully saturated rings. The Hall–Kier alpha value is -2.84. The summed E-state index contributed by atoms with van der Waals surface area (Å²) in [4.78, 5) is 13.6. The van der Waals surface area contributed by atoms with Crippen molar-refractivity contribution in [3.63, 3.8) is 0 Å². The Labute approximate surface area is 142 Å². The Balaban J connectivity index is 1.86. The monoisotopic (exact) mass is 350 g/mol. The van der Waals surface area contributed by atoms with Crippen molar-refractivity contribution in [3.05, 3.63) is 47.5 Å². The smallest absolute Gasteiger partial charge is 0.363 e. The number of rotatable bonds is 4. The predicted octanol–water partition coefficient (Wildman–Crippen LogP) is 3.13. The molecule has 0 saturated heterocycles. The lowest BCUT2D eigenvalue weighted by Crippen LogP contribution is -2.17. The van der Waals surface area contributed by atoms with Crippen LogP contribution in [0.15, 0.2) is 30.6 Å². The molecule has 132 valence electrons. The molecule has 0 spiro atoms. The topological polar surface area (TPSA) is 58.4 Å². The molecule has 3 rings (SSSR count). The summed E-state index contributed by atoms with van der Waals surface area (Å²) >= 11 is 0. The predicted molar refractivity (Wildman–Crippen MR) is 88.6 cm³/mol. The van der Waals surface area contributed by atoms with Gasteiger partial charge in [-0.25, -0.2) is 9.97 Å². The summed E-state index contributed by atoms with van der Waals surface area (Å²) < 4.78 is 40.9. The van der Waals surface area contributed by atoms with Crippen molar-refractivity contribution in [2.75, 3.05) is 24.3 Å². The fraction of sp³-hybridized carbons (Fsp3) is 0.312. The third-order valence-corrected chi connectivity index (χ3v) is 3.62. The van der Waals surface area contributed by atoms with Gasteiger partial charge >= 0.3 is 6.18 Å². The van der Waals surface area contributed by atoms with Gasteiger partial charge in [0.25, 0.3) is 0 Å². The molecular weight excluding hydrogens is 333 g/mol. The molecule has 0 radical (unpaired) electrons. The SMILES string of the molecule is Cc1cccn2cc(CNc3nc(N(C)C)cc(C(F)(F)F)n3)nc12. The Morgan fingerprint density at radius 1 is 1.20 bits per heavy atom. The van der Waals surface area contributed by atoms with Crippen molar-refractivity contribution < 1.29 is 13.2 Å². The lowest BCUT2D eigenvalue weighted by Gasteiger charge is -2.15. The summed E-state index contributed by atoms with van der Waals surface area (Å²) in [5, 5.41) is 2.82. The molecule has 3 aromatic heterocycles. The van der Waals surface area contributed by atoms with E-state index in [1.54, 1.807) is 14.1 Å². The van der Waals surface area contributed by atoms with E-state index in [9.17, 15) is 13.2 Å². The Morgan fingerprint density at radius 3 is 2.60 bits per heavy atom. The van der Waals surface area contributed by atoms with Crippen LogP contribution in [0.25, 0.3) is 5.65 Å². The van der Waals surface area contributed by atoms with E-state index in [1.807, 2.05) is 35.9 Å². The number of halogens is 3. The van der Waals surface area contributed by atoms with Gasteiger partial charge in [0.2, 0.25) is 5.95 Å². The van der Waals surface area contributed by atoms with Crippen LogP contribution in [0.3, 0.4) is 0 Å². The first-order valence-electron chi connectivity index (χ1n) is 7.55. The molecule has 3 heterocycles. The standard InChI is InChI=1S/C16H17F3N6/c1-10-5-4-6-25-9-11(21-14(10)25)8-20-15-22-12(16(17,18)19)7-13(23-15)24(2)3/h4-7,9H,8H2,1-3H3,(H,20,22,23). The highest BCUT2D eigenvalue weighted by Gasteiger charge is 2.34. The third kappa shape index (κ3) is 3.65. The van der Waals surface area contributed by atoms with Crippen LogP contribution in [0.2, 0.25) is 0 Å². The minimum absolute atomic E-state index is 0.0905. The average Bonchev–Trinajstić information content (AvgIpc) is 2.96. The quantitative estimate of drug-likeness (QED) is 0.783. The van der Waals surface area contributed by atoms with Gasteiger partial charge in [0.05, 0.1) is 12.2 Å². The lowest BCUT2D eigenvalue weighted by atomic mass is 10.3. The van der Waals surface area contributed by atoms with Crippen LogP contribution < -0.4 is 10.2 Å². The summed E-state index contributed by atoms with van der Waals surface area (Å²) in [5.74, 6) is 0.0861. The van der Waals surface area contributed by atoms with Gasteiger partial charge in [-0.05, 0) is 18.6 Å². The zero-order valence-corrected chi connectivity index (χ0v) is 14.0. The van der Waals surface area contributed by atoms with Gasteiger partial charge in [0.15, 0.2) is 5.69 Å². The number of hydrogen-bond acceptors (Lipinski definition) is 5. The molecule has 3 aromatic rings. The van der Waals surface area contributed by atoms with Gasteiger partial charge in [0, 0.05) is 32.6 Å². The third-order valence-electron chi connectivity index (χ3n) is 3.62. The fourth-order valence-corrected chi connectivity index (χ4v) is 2.35. The maximum Gasteiger partial charge on any atom is 0.433 e. The first-order chi connectivity index (χ1) is 11.7. The van der Waals surface area contributed by atoms with Crippen LogP contribution in [-0.4, -0.2) is 33.4 Å². The molecule has 0 atom stereocenters. The van der Waals surface area contributed by atoms with Crippen molar-refractivity contribution in [3.8, 4) is 0 Å². The number of nitrogens with one attached hydrogen (secondary N) is 1. The molecule has 0 aliphatic rings. The van der Waals surface area contributed by atoms with Crippen molar-refractivity contribution in [2.45, 2.75) is 19.6 Å². The molecule has 9 heteroatoms. The molecule has 0 amide bonds. The number of hydrogen-bond donors (Lipinski definition) is 1. The second kappa shape index (κ2) is 6.23. The van der Waals surface area contributed by atoms with Crippen LogP contribution >= 0.6 is 0 Å².